The number of rotatable bonds is 9. The molecule has 6 nitrogen and oxygen atoms in total. The van der Waals surface area contributed by atoms with E-state index in [-0.39, 0.29) is 12.0 Å². The molecule has 6 heteroatoms. The monoisotopic (exact) mass is 438 g/mol. The zero-order chi connectivity index (χ0) is 23.9. The van der Waals surface area contributed by atoms with Crippen LogP contribution >= 0.6 is 0 Å². The fourth-order valence-electron chi connectivity index (χ4n) is 2.68. The minimum Gasteiger partial charge on any atom is -0.465 e. The van der Waals surface area contributed by atoms with E-state index in [4.69, 9.17) is 9.94 Å². The van der Waals surface area contributed by atoms with Crippen LogP contribution in [0.25, 0.3) is 0 Å². The van der Waals surface area contributed by atoms with Gasteiger partial charge in [-0.25, -0.2) is 5.48 Å². The third-order valence-corrected chi connectivity index (χ3v) is 4.61. The molecule has 0 aliphatic heterocycles. The Balaban J connectivity index is 0. The summed E-state index contributed by atoms with van der Waals surface area (Å²) in [7, 11) is 0. The molecular weight excluding hydrogens is 392 g/mol. The Labute approximate surface area is 190 Å². The second kappa shape index (κ2) is 22.8. The molecule has 1 aromatic carbocycles. The highest BCUT2D eigenvalue weighted by molar-refractivity contribution is 5.74. The van der Waals surface area contributed by atoms with Crippen molar-refractivity contribution in [1.29, 1.82) is 0 Å². The molecule has 1 aromatic rings. The van der Waals surface area contributed by atoms with E-state index < -0.39 is 0 Å². The van der Waals surface area contributed by atoms with Crippen LogP contribution in [0.5, 0.6) is 0 Å². The van der Waals surface area contributed by atoms with E-state index in [9.17, 15) is 9.59 Å². The summed E-state index contributed by atoms with van der Waals surface area (Å²) in [6.45, 7) is 14.0. The molecule has 180 valence electrons. The van der Waals surface area contributed by atoms with Gasteiger partial charge in [-0.05, 0) is 56.6 Å². The second-order valence-electron chi connectivity index (χ2n) is 7.39. The molecule has 1 fully saturated rings. The summed E-state index contributed by atoms with van der Waals surface area (Å²) < 4.78 is 4.72. The Morgan fingerprint density at radius 3 is 2.10 bits per heavy atom. The van der Waals surface area contributed by atoms with Gasteiger partial charge < -0.3 is 10.1 Å². The summed E-state index contributed by atoms with van der Waals surface area (Å²) in [5.74, 6) is -0.350. The molecule has 1 aliphatic rings. The van der Waals surface area contributed by atoms with E-state index in [1.54, 1.807) is 5.48 Å². The normalized spacial score (nSPS) is 13.3. The molecule has 2 rings (SSSR count). The molecule has 3 N–H and O–H groups in total. The van der Waals surface area contributed by atoms with Gasteiger partial charge in [0.1, 0.15) is 6.10 Å². The smallest absolute Gasteiger partial charge is 0.293 e. The van der Waals surface area contributed by atoms with Gasteiger partial charge in [0.25, 0.3) is 6.47 Å². The molecular formula is C25H46N2O4. The molecule has 0 heterocycles. The van der Waals surface area contributed by atoms with Crippen molar-refractivity contribution in [2.24, 2.45) is 0 Å². The molecule has 1 unspecified atom stereocenters. The zero-order valence-electron chi connectivity index (χ0n) is 20.6. The summed E-state index contributed by atoms with van der Waals surface area (Å²) in [6.07, 6.45) is 8.14. The maximum absolute atomic E-state index is 10.9. The average molecular weight is 439 g/mol. The van der Waals surface area contributed by atoms with Gasteiger partial charge in [0.15, 0.2) is 0 Å². The number of hydrogen-bond donors (Lipinski definition) is 3. The highest BCUT2D eigenvalue weighted by Crippen LogP contribution is 2.19. The number of amides is 1. The maximum Gasteiger partial charge on any atom is 0.293 e. The fraction of sp³-hybridized carbons (Fsp3) is 0.680. The first-order valence-electron chi connectivity index (χ1n) is 11.8. The van der Waals surface area contributed by atoms with Crippen molar-refractivity contribution in [2.45, 2.75) is 112 Å². The van der Waals surface area contributed by atoms with Crippen LogP contribution in [0.2, 0.25) is 0 Å². The summed E-state index contributed by atoms with van der Waals surface area (Å²) in [5, 5.41) is 11.8. The summed E-state index contributed by atoms with van der Waals surface area (Å²) in [5.41, 5.74) is 3.98. The first kappa shape index (κ1) is 31.3. The quantitative estimate of drug-likeness (QED) is 0.267. The number of carbonyl (C=O) groups is 2. The van der Waals surface area contributed by atoms with Crippen molar-refractivity contribution in [3.8, 4) is 0 Å². The van der Waals surface area contributed by atoms with Crippen molar-refractivity contribution in [1.82, 2.24) is 10.8 Å². The standard InChI is InChI=1S/C14H22N2O2.C6H10O2.C3H8.C2H6/c1-3-11(2)15-10-13-6-4-12(5-7-13)8-9-14(17)16-18;7-5-8-6-3-1-2-4-6;1-3-2;1-2/h4-7,11,15,18H,3,8-10H2,1-2H3,(H,16,17);5-6H,1-4H2;3H2,1-2H3;1-2H3. The second-order valence-corrected chi connectivity index (χ2v) is 7.39. The van der Waals surface area contributed by atoms with Gasteiger partial charge >= 0.3 is 0 Å². The summed E-state index contributed by atoms with van der Waals surface area (Å²) in [6, 6.07) is 8.72. The molecule has 0 saturated heterocycles. The molecule has 0 spiro atoms. The van der Waals surface area contributed by atoms with Gasteiger partial charge in [-0.2, -0.15) is 0 Å². The molecule has 0 radical (unpaired) electrons. The number of ether oxygens (including phenoxy) is 1. The Morgan fingerprint density at radius 2 is 1.65 bits per heavy atom. The minimum atomic E-state index is -0.350. The maximum atomic E-state index is 10.9. The third-order valence-electron chi connectivity index (χ3n) is 4.61. The molecule has 1 atom stereocenters. The Bertz CT molecular complexity index is 529. The van der Waals surface area contributed by atoms with Crippen molar-refractivity contribution in [2.75, 3.05) is 0 Å². The average Bonchev–Trinajstić information content (AvgIpc) is 3.32. The highest BCUT2D eigenvalue weighted by atomic mass is 16.5. The minimum absolute atomic E-state index is 0.243. The Hall–Kier alpha value is -1.92. The Morgan fingerprint density at radius 1 is 1.13 bits per heavy atom. The molecule has 31 heavy (non-hydrogen) atoms. The van der Waals surface area contributed by atoms with E-state index in [2.05, 4.69) is 45.1 Å². The zero-order valence-corrected chi connectivity index (χ0v) is 20.6. The molecule has 1 aliphatic carbocycles. The van der Waals surface area contributed by atoms with Crippen LogP contribution in [0.15, 0.2) is 24.3 Å². The number of hydroxylamine groups is 1. The van der Waals surface area contributed by atoms with Crippen LogP contribution < -0.4 is 10.8 Å². The fourth-order valence-corrected chi connectivity index (χ4v) is 2.68. The largest absolute Gasteiger partial charge is 0.465 e. The van der Waals surface area contributed by atoms with Crippen molar-refractivity contribution < 1.29 is 19.5 Å². The number of nitrogens with one attached hydrogen (secondary N) is 2. The summed E-state index contributed by atoms with van der Waals surface area (Å²) in [4.78, 5) is 20.6. The van der Waals surface area contributed by atoms with Crippen LogP contribution in [0, 0.1) is 0 Å². The lowest BCUT2D eigenvalue weighted by atomic mass is 10.1. The van der Waals surface area contributed by atoms with Crippen LogP contribution in [0.4, 0.5) is 0 Å². The van der Waals surface area contributed by atoms with E-state index in [1.807, 2.05) is 26.0 Å². The lowest BCUT2D eigenvalue weighted by Gasteiger charge is -2.11. The number of hydrogen-bond acceptors (Lipinski definition) is 5. The molecule has 0 bridgehead atoms. The van der Waals surface area contributed by atoms with Crippen LogP contribution in [-0.2, 0) is 27.3 Å². The van der Waals surface area contributed by atoms with Gasteiger partial charge in [-0.1, -0.05) is 65.3 Å². The molecule has 1 saturated carbocycles. The number of benzene rings is 1. The SMILES string of the molecule is CC.CCC.CCC(C)NCc1ccc(CCC(=O)NO)cc1.O=COC1CCCC1. The highest BCUT2D eigenvalue weighted by Gasteiger charge is 2.14. The van der Waals surface area contributed by atoms with Crippen molar-refractivity contribution >= 4 is 12.4 Å². The Kier molecular flexibility index (Phi) is 23.0. The number of carbonyl (C=O) groups excluding carboxylic acids is 2. The molecule has 0 aromatic heterocycles. The predicted molar refractivity (Wildman–Crippen MR) is 128 cm³/mol. The van der Waals surface area contributed by atoms with Crippen LogP contribution in [-0.4, -0.2) is 29.7 Å². The van der Waals surface area contributed by atoms with Gasteiger partial charge in [0.2, 0.25) is 5.91 Å². The van der Waals surface area contributed by atoms with Gasteiger partial charge in [-0.15, -0.1) is 0 Å². The first-order chi connectivity index (χ1) is 15.0. The van der Waals surface area contributed by atoms with E-state index in [0.717, 1.165) is 31.4 Å². The van der Waals surface area contributed by atoms with E-state index in [1.165, 1.54) is 24.8 Å². The predicted octanol–water partition coefficient (Wildman–Crippen LogP) is 5.56. The van der Waals surface area contributed by atoms with Gasteiger partial charge in [-0.3, -0.25) is 14.8 Å². The number of aryl methyl sites for hydroxylation is 1. The van der Waals surface area contributed by atoms with E-state index >= 15 is 0 Å². The van der Waals surface area contributed by atoms with Gasteiger partial charge in [0.05, 0.1) is 0 Å². The van der Waals surface area contributed by atoms with Crippen LogP contribution in [0.3, 0.4) is 0 Å². The van der Waals surface area contributed by atoms with Crippen LogP contribution in [0.1, 0.15) is 97.6 Å². The topological polar surface area (TPSA) is 87.7 Å². The van der Waals surface area contributed by atoms with Crippen molar-refractivity contribution in [3.05, 3.63) is 35.4 Å². The third kappa shape index (κ3) is 18.6. The van der Waals surface area contributed by atoms with Crippen molar-refractivity contribution in [3.63, 3.8) is 0 Å². The lowest BCUT2D eigenvalue weighted by molar-refractivity contribution is -0.133. The summed E-state index contributed by atoms with van der Waals surface area (Å²) >= 11 is 0. The first-order valence-corrected chi connectivity index (χ1v) is 11.8. The van der Waals surface area contributed by atoms with E-state index in [0.29, 0.717) is 25.4 Å². The van der Waals surface area contributed by atoms with Gasteiger partial charge in [0, 0.05) is 19.0 Å². The lowest BCUT2D eigenvalue weighted by Crippen LogP contribution is -2.24. The molecule has 1 amide bonds.